The van der Waals surface area contributed by atoms with E-state index >= 15 is 0 Å². The number of aliphatic hydroxyl groups is 1. The van der Waals surface area contributed by atoms with Crippen LogP contribution in [0.25, 0.3) is 10.9 Å². The van der Waals surface area contributed by atoms with Gasteiger partial charge in [-0.15, -0.1) is 0 Å². The van der Waals surface area contributed by atoms with Crippen molar-refractivity contribution in [3.05, 3.63) is 42.1 Å². The highest BCUT2D eigenvalue weighted by atomic mass is 16.3. The third kappa shape index (κ3) is 2.81. The molecule has 0 aliphatic carbocycles. The third-order valence-electron chi connectivity index (χ3n) is 2.89. The third-order valence-corrected chi connectivity index (χ3v) is 2.89. The fraction of sp³-hybridized carbons (Fsp3) is 0.357. The molecule has 90 valence electrons. The summed E-state index contributed by atoms with van der Waals surface area (Å²) >= 11 is 0. The molecule has 1 N–H and O–H groups in total. The zero-order valence-corrected chi connectivity index (χ0v) is 10.3. The minimum absolute atomic E-state index is 0.426. The Bertz CT molecular complexity index is 491. The normalized spacial score (nSPS) is 13.2. The molecular weight excluding hydrogens is 212 g/mol. The maximum Gasteiger partial charge on any atom is 0.0808 e. The van der Waals surface area contributed by atoms with Gasteiger partial charge in [0.05, 0.1) is 11.6 Å². The highest BCUT2D eigenvalue weighted by Crippen LogP contribution is 2.24. The van der Waals surface area contributed by atoms with Gasteiger partial charge in [0, 0.05) is 18.1 Å². The summed E-state index contributed by atoms with van der Waals surface area (Å²) in [6.45, 7) is 0.873. The molecule has 0 aliphatic heterocycles. The van der Waals surface area contributed by atoms with Crippen LogP contribution >= 0.6 is 0 Å². The molecule has 1 atom stereocenters. The van der Waals surface area contributed by atoms with Crippen LogP contribution in [0.3, 0.4) is 0 Å². The van der Waals surface area contributed by atoms with Crippen molar-refractivity contribution in [2.75, 3.05) is 20.6 Å². The lowest BCUT2D eigenvalue weighted by Gasteiger charge is -2.16. The van der Waals surface area contributed by atoms with Gasteiger partial charge in [-0.05, 0) is 38.2 Å². The van der Waals surface area contributed by atoms with Gasteiger partial charge in [0.1, 0.15) is 0 Å². The van der Waals surface area contributed by atoms with E-state index in [4.69, 9.17) is 0 Å². The van der Waals surface area contributed by atoms with Crippen molar-refractivity contribution < 1.29 is 5.11 Å². The van der Waals surface area contributed by atoms with Crippen molar-refractivity contribution >= 4 is 10.9 Å². The number of benzene rings is 1. The SMILES string of the molecule is CN(C)CCC(O)c1cccc2ncccc12. The molecule has 3 heteroatoms. The zero-order chi connectivity index (χ0) is 12.3. The Labute approximate surface area is 102 Å². The number of pyridine rings is 1. The largest absolute Gasteiger partial charge is 0.388 e. The summed E-state index contributed by atoms with van der Waals surface area (Å²) in [4.78, 5) is 6.37. The molecule has 0 aliphatic rings. The minimum Gasteiger partial charge on any atom is -0.388 e. The van der Waals surface area contributed by atoms with Crippen LogP contribution in [-0.4, -0.2) is 35.6 Å². The molecule has 0 fully saturated rings. The summed E-state index contributed by atoms with van der Waals surface area (Å²) in [6.07, 6.45) is 2.09. The van der Waals surface area contributed by atoms with Crippen molar-refractivity contribution in [1.29, 1.82) is 0 Å². The van der Waals surface area contributed by atoms with E-state index in [1.54, 1.807) is 6.20 Å². The first-order valence-electron chi connectivity index (χ1n) is 5.85. The predicted molar refractivity (Wildman–Crippen MR) is 69.9 cm³/mol. The number of rotatable bonds is 4. The Morgan fingerprint density at radius 2 is 2.06 bits per heavy atom. The molecule has 2 rings (SSSR count). The van der Waals surface area contributed by atoms with Crippen LogP contribution < -0.4 is 0 Å². The minimum atomic E-state index is -0.426. The summed E-state index contributed by atoms with van der Waals surface area (Å²) < 4.78 is 0. The Morgan fingerprint density at radius 3 is 2.82 bits per heavy atom. The summed E-state index contributed by atoms with van der Waals surface area (Å²) in [5, 5.41) is 11.3. The molecule has 0 bridgehead atoms. The van der Waals surface area contributed by atoms with Crippen molar-refractivity contribution in [3.8, 4) is 0 Å². The number of fused-ring (bicyclic) bond motifs is 1. The van der Waals surface area contributed by atoms with Crippen LogP contribution in [0.1, 0.15) is 18.1 Å². The molecule has 0 spiro atoms. The number of aromatic nitrogens is 1. The standard InChI is InChI=1S/C14H18N2O/c1-16(2)10-8-14(17)12-5-3-7-13-11(12)6-4-9-15-13/h3-7,9,14,17H,8,10H2,1-2H3. The Morgan fingerprint density at radius 1 is 1.24 bits per heavy atom. The molecule has 0 saturated heterocycles. The van der Waals surface area contributed by atoms with Gasteiger partial charge in [0.25, 0.3) is 0 Å². The molecule has 1 aromatic carbocycles. The van der Waals surface area contributed by atoms with E-state index in [1.165, 1.54) is 0 Å². The molecule has 3 nitrogen and oxygen atoms in total. The van der Waals surface area contributed by atoms with E-state index in [0.717, 1.165) is 29.4 Å². The molecule has 1 unspecified atom stereocenters. The van der Waals surface area contributed by atoms with Crippen LogP contribution in [0.4, 0.5) is 0 Å². The van der Waals surface area contributed by atoms with Gasteiger partial charge < -0.3 is 10.0 Å². The van der Waals surface area contributed by atoms with Crippen molar-refractivity contribution in [2.24, 2.45) is 0 Å². The van der Waals surface area contributed by atoms with E-state index in [9.17, 15) is 5.11 Å². The van der Waals surface area contributed by atoms with Gasteiger partial charge in [0.2, 0.25) is 0 Å². The fourth-order valence-corrected chi connectivity index (χ4v) is 1.95. The van der Waals surface area contributed by atoms with Gasteiger partial charge in [-0.25, -0.2) is 0 Å². The summed E-state index contributed by atoms with van der Waals surface area (Å²) in [7, 11) is 4.02. The van der Waals surface area contributed by atoms with Gasteiger partial charge >= 0.3 is 0 Å². The van der Waals surface area contributed by atoms with E-state index in [-0.39, 0.29) is 0 Å². The maximum absolute atomic E-state index is 10.2. The Balaban J connectivity index is 2.28. The van der Waals surface area contributed by atoms with Crippen LogP contribution in [0, 0.1) is 0 Å². The average Bonchev–Trinajstić information content (AvgIpc) is 2.35. The summed E-state index contributed by atoms with van der Waals surface area (Å²) in [6, 6.07) is 9.81. The Hall–Kier alpha value is -1.45. The average molecular weight is 230 g/mol. The Kier molecular flexibility index (Phi) is 3.71. The maximum atomic E-state index is 10.2. The lowest BCUT2D eigenvalue weighted by Crippen LogP contribution is -2.16. The second-order valence-corrected chi connectivity index (χ2v) is 4.53. The van der Waals surface area contributed by atoms with E-state index in [1.807, 2.05) is 44.4 Å². The first-order chi connectivity index (χ1) is 8.18. The number of nitrogens with zero attached hydrogens (tertiary/aromatic N) is 2. The number of aliphatic hydroxyl groups excluding tert-OH is 1. The van der Waals surface area contributed by atoms with E-state index in [0.29, 0.717) is 0 Å². The molecule has 0 radical (unpaired) electrons. The number of hydrogen-bond donors (Lipinski definition) is 1. The van der Waals surface area contributed by atoms with Crippen molar-refractivity contribution in [3.63, 3.8) is 0 Å². The fourth-order valence-electron chi connectivity index (χ4n) is 1.95. The van der Waals surface area contributed by atoms with Crippen LogP contribution in [-0.2, 0) is 0 Å². The topological polar surface area (TPSA) is 36.4 Å². The first kappa shape index (κ1) is 12.0. The van der Waals surface area contributed by atoms with Crippen molar-refractivity contribution in [1.82, 2.24) is 9.88 Å². The summed E-state index contributed by atoms with van der Waals surface area (Å²) in [5.41, 5.74) is 1.91. The van der Waals surface area contributed by atoms with Gasteiger partial charge in [-0.2, -0.15) is 0 Å². The van der Waals surface area contributed by atoms with Crippen LogP contribution in [0.5, 0.6) is 0 Å². The highest BCUT2D eigenvalue weighted by molar-refractivity contribution is 5.82. The molecule has 1 heterocycles. The summed E-state index contributed by atoms with van der Waals surface area (Å²) in [5.74, 6) is 0. The van der Waals surface area contributed by atoms with Gasteiger partial charge in [0.15, 0.2) is 0 Å². The van der Waals surface area contributed by atoms with E-state index in [2.05, 4.69) is 9.88 Å². The molecular formula is C14H18N2O. The lowest BCUT2D eigenvalue weighted by atomic mass is 10.0. The van der Waals surface area contributed by atoms with Crippen molar-refractivity contribution in [2.45, 2.75) is 12.5 Å². The van der Waals surface area contributed by atoms with E-state index < -0.39 is 6.10 Å². The second kappa shape index (κ2) is 5.25. The lowest BCUT2D eigenvalue weighted by molar-refractivity contribution is 0.155. The molecule has 0 amide bonds. The molecule has 17 heavy (non-hydrogen) atoms. The van der Waals surface area contributed by atoms with Gasteiger partial charge in [-0.1, -0.05) is 18.2 Å². The van der Waals surface area contributed by atoms with Crippen LogP contribution in [0.2, 0.25) is 0 Å². The molecule has 2 aromatic rings. The van der Waals surface area contributed by atoms with Crippen LogP contribution in [0.15, 0.2) is 36.5 Å². The highest BCUT2D eigenvalue weighted by Gasteiger charge is 2.11. The molecule has 0 saturated carbocycles. The first-order valence-corrected chi connectivity index (χ1v) is 5.85. The second-order valence-electron chi connectivity index (χ2n) is 4.53. The molecule has 1 aromatic heterocycles. The monoisotopic (exact) mass is 230 g/mol. The predicted octanol–water partition coefficient (Wildman–Crippen LogP) is 2.22. The smallest absolute Gasteiger partial charge is 0.0808 e. The zero-order valence-electron chi connectivity index (χ0n) is 10.3. The number of hydrogen-bond acceptors (Lipinski definition) is 3. The van der Waals surface area contributed by atoms with Gasteiger partial charge in [-0.3, -0.25) is 4.98 Å². The quantitative estimate of drug-likeness (QED) is 0.875.